The molecule has 72 valence electrons. The van der Waals surface area contributed by atoms with E-state index in [1.165, 1.54) is 12.8 Å². The second-order valence-electron chi connectivity index (χ2n) is 3.67. The topological polar surface area (TPSA) is 20.3 Å². The maximum atomic E-state index is 11.1. The first-order valence-corrected chi connectivity index (χ1v) is 4.40. The van der Waals surface area contributed by atoms with Gasteiger partial charge in [0.2, 0.25) is 5.91 Å². The van der Waals surface area contributed by atoms with Gasteiger partial charge in [-0.3, -0.25) is 4.79 Å². The van der Waals surface area contributed by atoms with Crippen LogP contribution in [-0.2, 0) is 4.79 Å². The zero-order valence-corrected chi connectivity index (χ0v) is 9.13. The SMILES string of the molecule is CC(=O)N1CCCC1C(C)C.S. The van der Waals surface area contributed by atoms with Crippen molar-refractivity contribution in [1.82, 2.24) is 4.90 Å². The number of hydrogen-bond acceptors (Lipinski definition) is 1. The number of carbonyl (C=O) groups is 1. The smallest absolute Gasteiger partial charge is 0.219 e. The van der Waals surface area contributed by atoms with Crippen molar-refractivity contribution in [2.45, 2.75) is 39.7 Å². The molecule has 1 amide bonds. The number of rotatable bonds is 1. The number of amides is 1. The van der Waals surface area contributed by atoms with Crippen LogP contribution in [0.5, 0.6) is 0 Å². The Labute approximate surface area is 81.8 Å². The average Bonchev–Trinajstić information content (AvgIpc) is 2.32. The molecule has 1 saturated heterocycles. The van der Waals surface area contributed by atoms with Crippen LogP contribution in [0.25, 0.3) is 0 Å². The maximum absolute atomic E-state index is 11.1. The highest BCUT2D eigenvalue weighted by Gasteiger charge is 2.28. The molecule has 0 aliphatic carbocycles. The average molecular weight is 189 g/mol. The van der Waals surface area contributed by atoms with Gasteiger partial charge in [0.05, 0.1) is 0 Å². The third-order valence-corrected chi connectivity index (χ3v) is 2.47. The summed E-state index contributed by atoms with van der Waals surface area (Å²) in [7, 11) is 0. The van der Waals surface area contributed by atoms with Gasteiger partial charge < -0.3 is 4.90 Å². The summed E-state index contributed by atoms with van der Waals surface area (Å²) in [5.41, 5.74) is 0. The Morgan fingerprint density at radius 2 is 2.08 bits per heavy atom. The van der Waals surface area contributed by atoms with E-state index >= 15 is 0 Å². The summed E-state index contributed by atoms with van der Waals surface area (Å²) in [6.07, 6.45) is 2.37. The molecule has 0 radical (unpaired) electrons. The molecule has 1 fully saturated rings. The van der Waals surface area contributed by atoms with E-state index in [0.717, 1.165) is 6.54 Å². The lowest BCUT2D eigenvalue weighted by Crippen LogP contribution is -2.36. The van der Waals surface area contributed by atoms with Crippen molar-refractivity contribution in [2.24, 2.45) is 5.92 Å². The van der Waals surface area contributed by atoms with Gasteiger partial charge in [-0.25, -0.2) is 0 Å². The van der Waals surface area contributed by atoms with Gasteiger partial charge in [0.25, 0.3) is 0 Å². The summed E-state index contributed by atoms with van der Waals surface area (Å²) in [5.74, 6) is 0.850. The summed E-state index contributed by atoms with van der Waals surface area (Å²) >= 11 is 0. The highest BCUT2D eigenvalue weighted by atomic mass is 32.1. The maximum Gasteiger partial charge on any atom is 0.219 e. The number of carbonyl (C=O) groups excluding carboxylic acids is 1. The monoisotopic (exact) mass is 189 g/mol. The molecule has 0 aromatic heterocycles. The van der Waals surface area contributed by atoms with Gasteiger partial charge in [-0.05, 0) is 18.8 Å². The Morgan fingerprint density at radius 1 is 1.50 bits per heavy atom. The molecule has 0 aromatic rings. The van der Waals surface area contributed by atoms with Crippen molar-refractivity contribution in [3.8, 4) is 0 Å². The standard InChI is InChI=1S/C9H17NO.H2S/c1-7(2)9-5-4-6-10(9)8(3)11;/h7,9H,4-6H2,1-3H3;1H2. The third-order valence-electron chi connectivity index (χ3n) is 2.47. The van der Waals surface area contributed by atoms with Crippen molar-refractivity contribution in [2.75, 3.05) is 6.54 Å². The van der Waals surface area contributed by atoms with Crippen LogP contribution in [0.4, 0.5) is 0 Å². The molecular weight excluding hydrogens is 170 g/mol. The Kier molecular flexibility index (Phi) is 4.68. The Balaban J connectivity index is 0.00000121. The summed E-state index contributed by atoms with van der Waals surface area (Å²) in [5, 5.41) is 0. The second kappa shape index (κ2) is 4.75. The lowest BCUT2D eigenvalue weighted by Gasteiger charge is -2.26. The highest BCUT2D eigenvalue weighted by molar-refractivity contribution is 7.59. The minimum absolute atomic E-state index is 0. The van der Waals surface area contributed by atoms with Crippen LogP contribution in [0, 0.1) is 5.92 Å². The van der Waals surface area contributed by atoms with Crippen molar-refractivity contribution >= 4 is 19.4 Å². The molecule has 0 spiro atoms. The fraction of sp³-hybridized carbons (Fsp3) is 0.889. The second-order valence-corrected chi connectivity index (χ2v) is 3.67. The molecule has 1 aliphatic rings. The Bertz CT molecular complexity index is 159. The summed E-state index contributed by atoms with van der Waals surface area (Å²) in [6, 6.07) is 0.507. The number of nitrogens with zero attached hydrogens (tertiary/aromatic N) is 1. The van der Waals surface area contributed by atoms with Crippen molar-refractivity contribution < 1.29 is 4.79 Å². The summed E-state index contributed by atoms with van der Waals surface area (Å²) < 4.78 is 0. The Morgan fingerprint density at radius 3 is 2.42 bits per heavy atom. The molecule has 1 heterocycles. The van der Waals surface area contributed by atoms with E-state index in [0.29, 0.717) is 12.0 Å². The Hall–Kier alpha value is -0.180. The molecule has 1 atom stereocenters. The van der Waals surface area contributed by atoms with Crippen LogP contribution in [0.3, 0.4) is 0 Å². The summed E-state index contributed by atoms with van der Waals surface area (Å²) in [4.78, 5) is 13.1. The molecular formula is C9H19NOS. The predicted octanol–water partition coefficient (Wildman–Crippen LogP) is 1.77. The van der Waals surface area contributed by atoms with E-state index in [4.69, 9.17) is 0 Å². The zero-order chi connectivity index (χ0) is 8.43. The van der Waals surface area contributed by atoms with Gasteiger partial charge in [-0.1, -0.05) is 13.8 Å². The number of hydrogen-bond donors (Lipinski definition) is 0. The largest absolute Gasteiger partial charge is 0.340 e. The molecule has 0 bridgehead atoms. The molecule has 3 heteroatoms. The van der Waals surface area contributed by atoms with Gasteiger partial charge in [0.15, 0.2) is 0 Å². The first kappa shape index (κ1) is 11.8. The van der Waals surface area contributed by atoms with E-state index < -0.39 is 0 Å². The van der Waals surface area contributed by atoms with Crippen molar-refractivity contribution in [3.63, 3.8) is 0 Å². The van der Waals surface area contributed by atoms with E-state index in [2.05, 4.69) is 13.8 Å². The summed E-state index contributed by atoms with van der Waals surface area (Å²) in [6.45, 7) is 7.01. The van der Waals surface area contributed by atoms with Gasteiger partial charge >= 0.3 is 0 Å². The lowest BCUT2D eigenvalue weighted by molar-refractivity contribution is -0.130. The predicted molar refractivity (Wildman–Crippen MR) is 55.6 cm³/mol. The quantitative estimate of drug-likeness (QED) is 0.615. The van der Waals surface area contributed by atoms with Gasteiger partial charge in [0, 0.05) is 19.5 Å². The van der Waals surface area contributed by atoms with E-state index in [1.54, 1.807) is 6.92 Å². The van der Waals surface area contributed by atoms with E-state index in [9.17, 15) is 4.79 Å². The molecule has 0 N–H and O–H groups in total. The zero-order valence-electron chi connectivity index (χ0n) is 8.13. The molecule has 12 heavy (non-hydrogen) atoms. The molecule has 0 aromatic carbocycles. The fourth-order valence-electron chi connectivity index (χ4n) is 1.88. The fourth-order valence-corrected chi connectivity index (χ4v) is 1.88. The van der Waals surface area contributed by atoms with Crippen LogP contribution in [-0.4, -0.2) is 23.4 Å². The molecule has 1 aliphatic heterocycles. The van der Waals surface area contributed by atoms with Gasteiger partial charge in [0.1, 0.15) is 0 Å². The van der Waals surface area contributed by atoms with Crippen LogP contribution < -0.4 is 0 Å². The van der Waals surface area contributed by atoms with Crippen LogP contribution in [0.15, 0.2) is 0 Å². The lowest BCUT2D eigenvalue weighted by atomic mass is 10.0. The van der Waals surface area contributed by atoms with E-state index in [1.807, 2.05) is 4.90 Å². The molecule has 0 saturated carbocycles. The van der Waals surface area contributed by atoms with E-state index in [-0.39, 0.29) is 19.4 Å². The van der Waals surface area contributed by atoms with Gasteiger partial charge in [-0.2, -0.15) is 13.5 Å². The first-order valence-electron chi connectivity index (χ1n) is 4.40. The van der Waals surface area contributed by atoms with Crippen LogP contribution in [0.1, 0.15) is 33.6 Å². The number of likely N-dealkylation sites (tertiary alicyclic amines) is 1. The first-order chi connectivity index (χ1) is 5.13. The minimum Gasteiger partial charge on any atom is -0.340 e. The third kappa shape index (κ3) is 2.41. The molecule has 1 unspecified atom stereocenters. The van der Waals surface area contributed by atoms with Crippen molar-refractivity contribution in [1.29, 1.82) is 0 Å². The normalized spacial score (nSPS) is 22.7. The van der Waals surface area contributed by atoms with Crippen LogP contribution in [0.2, 0.25) is 0 Å². The highest BCUT2D eigenvalue weighted by Crippen LogP contribution is 2.23. The molecule has 1 rings (SSSR count). The minimum atomic E-state index is 0. The molecule has 2 nitrogen and oxygen atoms in total. The van der Waals surface area contributed by atoms with Crippen LogP contribution >= 0.6 is 13.5 Å². The van der Waals surface area contributed by atoms with Gasteiger partial charge in [-0.15, -0.1) is 0 Å². The van der Waals surface area contributed by atoms with Crippen molar-refractivity contribution in [3.05, 3.63) is 0 Å².